The third-order valence-corrected chi connectivity index (χ3v) is 5.52. The van der Waals surface area contributed by atoms with E-state index in [0.717, 1.165) is 45.0 Å². The molecule has 1 heterocycles. The highest BCUT2D eigenvalue weighted by molar-refractivity contribution is 5.89. The summed E-state index contributed by atoms with van der Waals surface area (Å²) >= 11 is 0. The van der Waals surface area contributed by atoms with Crippen molar-refractivity contribution in [2.45, 2.75) is 27.7 Å². The Labute approximate surface area is 168 Å². The van der Waals surface area contributed by atoms with Crippen molar-refractivity contribution in [3.63, 3.8) is 0 Å². The lowest BCUT2D eigenvalue weighted by Crippen LogP contribution is -2.50. The number of amides is 2. The van der Waals surface area contributed by atoms with E-state index in [1.54, 1.807) is 0 Å². The quantitative estimate of drug-likeness (QED) is 0.830. The largest absolute Gasteiger partial charge is 0.372 e. The van der Waals surface area contributed by atoms with Gasteiger partial charge in [-0.15, -0.1) is 0 Å². The molecule has 0 aromatic heterocycles. The van der Waals surface area contributed by atoms with Gasteiger partial charge in [0.15, 0.2) is 0 Å². The number of aryl methyl sites for hydroxylation is 2. The Kier molecular flexibility index (Phi) is 6.45. The molecule has 0 saturated carbocycles. The van der Waals surface area contributed by atoms with Crippen molar-refractivity contribution in [2.24, 2.45) is 0 Å². The molecule has 0 unspecified atom stereocenters. The maximum atomic E-state index is 12.6. The first kappa shape index (κ1) is 20.1. The average Bonchev–Trinajstić information content (AvgIpc) is 2.72. The number of nitrogens with one attached hydrogen (secondary N) is 1. The summed E-state index contributed by atoms with van der Waals surface area (Å²) in [6.07, 6.45) is 0. The highest BCUT2D eigenvalue weighted by atomic mass is 16.2. The van der Waals surface area contributed by atoms with E-state index in [9.17, 15) is 4.79 Å². The van der Waals surface area contributed by atoms with Crippen LogP contribution in [0.15, 0.2) is 42.5 Å². The van der Waals surface area contributed by atoms with Gasteiger partial charge < -0.3 is 20.0 Å². The van der Waals surface area contributed by atoms with Gasteiger partial charge in [0.1, 0.15) is 0 Å². The minimum atomic E-state index is -0.0174. The Morgan fingerprint density at radius 3 is 2.21 bits per heavy atom. The summed E-state index contributed by atoms with van der Waals surface area (Å²) < 4.78 is 0. The minimum absolute atomic E-state index is 0.0174. The Balaban J connectivity index is 1.56. The van der Waals surface area contributed by atoms with E-state index in [2.05, 4.69) is 73.1 Å². The summed E-state index contributed by atoms with van der Waals surface area (Å²) in [7, 11) is 0. The number of carbonyl (C=O) groups excluding carboxylic acids is 1. The molecule has 2 amide bonds. The number of urea groups is 1. The summed E-state index contributed by atoms with van der Waals surface area (Å²) in [6.45, 7) is 13.7. The molecule has 5 nitrogen and oxygen atoms in total. The zero-order valence-electron chi connectivity index (χ0n) is 17.5. The molecule has 0 bridgehead atoms. The summed E-state index contributed by atoms with van der Waals surface area (Å²) in [4.78, 5) is 19.2. The first-order chi connectivity index (χ1) is 13.5. The first-order valence-corrected chi connectivity index (χ1v) is 10.2. The minimum Gasteiger partial charge on any atom is -0.372 e. The number of nitrogens with zero attached hydrogens (tertiary/aromatic N) is 3. The van der Waals surface area contributed by atoms with Crippen LogP contribution in [0.5, 0.6) is 0 Å². The maximum absolute atomic E-state index is 12.6. The number of rotatable bonds is 5. The van der Waals surface area contributed by atoms with Crippen LogP contribution in [-0.2, 0) is 0 Å². The van der Waals surface area contributed by atoms with Gasteiger partial charge in [0.2, 0.25) is 0 Å². The molecule has 0 aliphatic carbocycles. The van der Waals surface area contributed by atoms with Crippen molar-refractivity contribution in [2.75, 3.05) is 54.4 Å². The summed E-state index contributed by atoms with van der Waals surface area (Å²) in [6, 6.07) is 14.6. The van der Waals surface area contributed by atoms with Crippen LogP contribution in [0, 0.1) is 13.8 Å². The lowest BCUT2D eigenvalue weighted by molar-refractivity contribution is 0.208. The number of hydrogen-bond acceptors (Lipinski definition) is 3. The zero-order chi connectivity index (χ0) is 20.1. The predicted octanol–water partition coefficient (Wildman–Crippen LogP) is 4.50. The van der Waals surface area contributed by atoms with E-state index >= 15 is 0 Å². The van der Waals surface area contributed by atoms with Crippen molar-refractivity contribution in [3.05, 3.63) is 53.6 Å². The number of piperazine rings is 1. The van der Waals surface area contributed by atoms with Crippen LogP contribution < -0.4 is 15.1 Å². The molecule has 1 aliphatic rings. The smallest absolute Gasteiger partial charge is 0.321 e. The molecule has 0 atom stereocenters. The first-order valence-electron chi connectivity index (χ1n) is 10.2. The Morgan fingerprint density at radius 2 is 1.61 bits per heavy atom. The molecule has 3 rings (SSSR count). The van der Waals surface area contributed by atoms with Gasteiger partial charge in [0, 0.05) is 56.3 Å². The van der Waals surface area contributed by atoms with Gasteiger partial charge in [-0.2, -0.15) is 0 Å². The molecule has 1 N–H and O–H groups in total. The third-order valence-electron chi connectivity index (χ3n) is 5.52. The topological polar surface area (TPSA) is 38.8 Å². The van der Waals surface area contributed by atoms with Gasteiger partial charge >= 0.3 is 6.03 Å². The highest BCUT2D eigenvalue weighted by Crippen LogP contribution is 2.23. The Bertz CT molecular complexity index is 791. The van der Waals surface area contributed by atoms with Crippen LogP contribution in [0.25, 0.3) is 0 Å². The third kappa shape index (κ3) is 4.58. The maximum Gasteiger partial charge on any atom is 0.321 e. The van der Waals surface area contributed by atoms with Crippen molar-refractivity contribution in [3.8, 4) is 0 Å². The van der Waals surface area contributed by atoms with Gasteiger partial charge in [-0.3, -0.25) is 0 Å². The van der Waals surface area contributed by atoms with Crippen LogP contribution in [-0.4, -0.2) is 50.2 Å². The van der Waals surface area contributed by atoms with E-state index in [1.807, 2.05) is 17.0 Å². The van der Waals surface area contributed by atoms with E-state index in [-0.39, 0.29) is 6.03 Å². The SMILES string of the molecule is CCN(CC)c1ccc(NC(=O)N2CCN(c3cc(C)ccc3C)CC2)cc1. The normalized spacial score (nSPS) is 14.1. The lowest BCUT2D eigenvalue weighted by Gasteiger charge is -2.37. The molecule has 150 valence electrons. The van der Waals surface area contributed by atoms with Crippen molar-refractivity contribution >= 4 is 23.1 Å². The fraction of sp³-hybridized carbons (Fsp3) is 0.435. The summed E-state index contributed by atoms with van der Waals surface area (Å²) in [5.41, 5.74) is 5.88. The number of anilines is 3. The van der Waals surface area contributed by atoms with Crippen molar-refractivity contribution in [1.29, 1.82) is 0 Å². The van der Waals surface area contributed by atoms with Gasteiger partial charge in [-0.25, -0.2) is 4.79 Å². The van der Waals surface area contributed by atoms with E-state index in [1.165, 1.54) is 22.5 Å². The second-order valence-electron chi connectivity index (χ2n) is 7.41. The molecular weight excluding hydrogens is 348 g/mol. The van der Waals surface area contributed by atoms with Crippen molar-refractivity contribution in [1.82, 2.24) is 4.90 Å². The number of hydrogen-bond donors (Lipinski definition) is 1. The van der Waals surface area contributed by atoms with E-state index in [0.29, 0.717) is 0 Å². The second kappa shape index (κ2) is 9.00. The van der Waals surface area contributed by atoms with E-state index < -0.39 is 0 Å². The molecule has 2 aromatic carbocycles. The van der Waals surface area contributed by atoms with Crippen molar-refractivity contribution < 1.29 is 4.79 Å². The van der Waals surface area contributed by atoms with Gasteiger partial charge in [0.25, 0.3) is 0 Å². The molecule has 28 heavy (non-hydrogen) atoms. The zero-order valence-corrected chi connectivity index (χ0v) is 17.5. The van der Waals surface area contributed by atoms with E-state index in [4.69, 9.17) is 0 Å². The van der Waals surface area contributed by atoms with Crippen LogP contribution in [0.4, 0.5) is 21.9 Å². The fourth-order valence-corrected chi connectivity index (χ4v) is 3.76. The second-order valence-corrected chi connectivity index (χ2v) is 7.41. The van der Waals surface area contributed by atoms with Crippen LogP contribution >= 0.6 is 0 Å². The molecule has 0 spiro atoms. The monoisotopic (exact) mass is 380 g/mol. The summed E-state index contributed by atoms with van der Waals surface area (Å²) in [5.74, 6) is 0. The average molecular weight is 381 g/mol. The summed E-state index contributed by atoms with van der Waals surface area (Å²) in [5, 5.41) is 3.04. The van der Waals surface area contributed by atoms with Gasteiger partial charge in [0.05, 0.1) is 0 Å². The molecule has 1 fully saturated rings. The Hall–Kier alpha value is -2.69. The van der Waals surface area contributed by atoms with Gasteiger partial charge in [-0.1, -0.05) is 12.1 Å². The molecule has 2 aromatic rings. The Morgan fingerprint density at radius 1 is 0.964 bits per heavy atom. The number of carbonyl (C=O) groups is 1. The molecule has 1 aliphatic heterocycles. The fourth-order valence-electron chi connectivity index (χ4n) is 3.76. The highest BCUT2D eigenvalue weighted by Gasteiger charge is 2.22. The number of benzene rings is 2. The van der Waals surface area contributed by atoms with Gasteiger partial charge in [-0.05, 0) is 69.2 Å². The predicted molar refractivity (Wildman–Crippen MR) is 119 cm³/mol. The molecule has 0 radical (unpaired) electrons. The van der Waals surface area contributed by atoms with Crippen LogP contribution in [0.1, 0.15) is 25.0 Å². The standard InChI is InChI=1S/C23H32N4O/c1-5-25(6-2)21-11-9-20(10-12-21)24-23(28)27-15-13-26(14-16-27)22-17-18(3)7-8-19(22)4/h7-12,17H,5-6,13-16H2,1-4H3,(H,24,28). The molecule has 1 saturated heterocycles. The lowest BCUT2D eigenvalue weighted by atomic mass is 10.1. The molecular formula is C23H32N4O. The van der Waals surface area contributed by atoms with Crippen LogP contribution in [0.2, 0.25) is 0 Å². The van der Waals surface area contributed by atoms with Crippen LogP contribution in [0.3, 0.4) is 0 Å². The molecule has 5 heteroatoms.